The highest BCUT2D eigenvalue weighted by Gasteiger charge is 2.06. The molecule has 122 valence electrons. The van der Waals surface area contributed by atoms with Crippen LogP contribution in [0.25, 0.3) is 21.8 Å². The van der Waals surface area contributed by atoms with E-state index in [0.29, 0.717) is 0 Å². The molecule has 0 aliphatic rings. The molecular weight excluding hydrogens is 292 g/mol. The van der Waals surface area contributed by atoms with Crippen LogP contribution in [0, 0.1) is 11.8 Å². The van der Waals surface area contributed by atoms with Gasteiger partial charge in [0.25, 0.3) is 0 Å². The summed E-state index contributed by atoms with van der Waals surface area (Å²) in [5.41, 5.74) is 2.96. The summed E-state index contributed by atoms with van der Waals surface area (Å²) >= 11 is 0. The quantitative estimate of drug-likeness (QED) is 0.322. The standard InChI is InChI=1S/C22H24N2/c1-2-3-4-5-6-7-8-9-12-18-17-19-13-10-15-23-21(19)22-20(18)14-11-16-24-22/h10-11,13-17H,2-8H2,1H3. The number of rotatable bonds is 6. The van der Waals surface area contributed by atoms with Crippen molar-refractivity contribution in [2.75, 3.05) is 0 Å². The fourth-order valence-corrected chi connectivity index (χ4v) is 3.03. The Labute approximate surface area is 144 Å². The summed E-state index contributed by atoms with van der Waals surface area (Å²) in [5, 5.41) is 2.20. The normalized spacial score (nSPS) is 10.7. The topological polar surface area (TPSA) is 25.8 Å². The first kappa shape index (κ1) is 16.5. The van der Waals surface area contributed by atoms with E-state index in [-0.39, 0.29) is 0 Å². The molecule has 3 rings (SSSR count). The molecule has 3 aromatic rings. The Balaban J connectivity index is 1.76. The first-order chi connectivity index (χ1) is 11.9. The number of pyridine rings is 2. The smallest absolute Gasteiger partial charge is 0.0977 e. The second-order valence-electron chi connectivity index (χ2n) is 6.22. The molecule has 0 unspecified atom stereocenters. The van der Waals surface area contributed by atoms with Crippen LogP contribution in [0.4, 0.5) is 0 Å². The Morgan fingerprint density at radius 3 is 2.50 bits per heavy atom. The molecule has 0 bridgehead atoms. The summed E-state index contributed by atoms with van der Waals surface area (Å²) in [4.78, 5) is 9.01. The van der Waals surface area contributed by atoms with Crippen molar-refractivity contribution in [3.63, 3.8) is 0 Å². The lowest BCUT2D eigenvalue weighted by Crippen LogP contribution is -1.88. The van der Waals surface area contributed by atoms with Gasteiger partial charge in [-0.3, -0.25) is 9.97 Å². The van der Waals surface area contributed by atoms with Crippen molar-refractivity contribution in [2.24, 2.45) is 0 Å². The molecule has 0 spiro atoms. The van der Waals surface area contributed by atoms with Gasteiger partial charge in [-0.25, -0.2) is 0 Å². The van der Waals surface area contributed by atoms with Gasteiger partial charge in [-0.05, 0) is 30.7 Å². The van der Waals surface area contributed by atoms with Gasteiger partial charge in [0, 0.05) is 35.2 Å². The summed E-state index contributed by atoms with van der Waals surface area (Å²) in [6.07, 6.45) is 12.5. The minimum Gasteiger partial charge on any atom is -0.254 e. The van der Waals surface area contributed by atoms with Crippen LogP contribution in [0.2, 0.25) is 0 Å². The molecule has 0 radical (unpaired) electrons. The second kappa shape index (κ2) is 8.45. The monoisotopic (exact) mass is 316 g/mol. The van der Waals surface area contributed by atoms with Gasteiger partial charge >= 0.3 is 0 Å². The lowest BCUT2D eigenvalue weighted by atomic mass is 10.0. The van der Waals surface area contributed by atoms with E-state index in [2.05, 4.69) is 46.9 Å². The molecular formula is C22H24N2. The number of aromatic nitrogens is 2. The predicted octanol–water partition coefficient (Wildman–Crippen LogP) is 5.89. The third-order valence-corrected chi connectivity index (χ3v) is 4.34. The van der Waals surface area contributed by atoms with Crippen LogP contribution in [0.1, 0.15) is 57.4 Å². The third kappa shape index (κ3) is 3.92. The van der Waals surface area contributed by atoms with E-state index in [1.54, 1.807) is 0 Å². The van der Waals surface area contributed by atoms with Gasteiger partial charge in [0.05, 0.1) is 11.0 Å². The number of fused-ring (bicyclic) bond motifs is 3. The molecule has 0 aliphatic heterocycles. The van der Waals surface area contributed by atoms with Crippen molar-refractivity contribution in [1.82, 2.24) is 9.97 Å². The van der Waals surface area contributed by atoms with Crippen LogP contribution in [-0.4, -0.2) is 9.97 Å². The maximum Gasteiger partial charge on any atom is 0.0977 e. The van der Waals surface area contributed by atoms with E-state index in [1.807, 2.05) is 24.5 Å². The average molecular weight is 316 g/mol. The number of hydrogen-bond acceptors (Lipinski definition) is 2. The van der Waals surface area contributed by atoms with Crippen LogP contribution < -0.4 is 0 Å². The minimum atomic E-state index is 0.944. The first-order valence-corrected chi connectivity index (χ1v) is 9.01. The Morgan fingerprint density at radius 1 is 0.875 bits per heavy atom. The Kier molecular flexibility index (Phi) is 5.80. The molecule has 0 saturated heterocycles. The molecule has 0 N–H and O–H groups in total. The van der Waals surface area contributed by atoms with E-state index >= 15 is 0 Å². The van der Waals surface area contributed by atoms with E-state index in [1.165, 1.54) is 38.5 Å². The van der Waals surface area contributed by atoms with Gasteiger partial charge in [0.2, 0.25) is 0 Å². The van der Waals surface area contributed by atoms with Gasteiger partial charge < -0.3 is 0 Å². The van der Waals surface area contributed by atoms with Crippen molar-refractivity contribution in [3.8, 4) is 11.8 Å². The second-order valence-corrected chi connectivity index (χ2v) is 6.22. The van der Waals surface area contributed by atoms with Gasteiger partial charge in [-0.15, -0.1) is 0 Å². The highest BCUT2D eigenvalue weighted by atomic mass is 14.7. The van der Waals surface area contributed by atoms with Gasteiger partial charge in [0.15, 0.2) is 0 Å². The first-order valence-electron chi connectivity index (χ1n) is 9.01. The average Bonchev–Trinajstić information content (AvgIpc) is 2.64. The lowest BCUT2D eigenvalue weighted by molar-refractivity contribution is 0.614. The largest absolute Gasteiger partial charge is 0.254 e. The summed E-state index contributed by atoms with van der Waals surface area (Å²) in [5.74, 6) is 6.72. The lowest BCUT2D eigenvalue weighted by Gasteiger charge is -2.04. The maximum atomic E-state index is 4.53. The van der Waals surface area contributed by atoms with E-state index in [0.717, 1.165) is 33.8 Å². The number of unbranched alkanes of at least 4 members (excludes halogenated alkanes) is 6. The van der Waals surface area contributed by atoms with Crippen LogP contribution in [0.3, 0.4) is 0 Å². The Hall–Kier alpha value is -2.40. The molecule has 0 saturated carbocycles. The van der Waals surface area contributed by atoms with E-state index in [9.17, 15) is 0 Å². The van der Waals surface area contributed by atoms with Crippen molar-refractivity contribution < 1.29 is 0 Å². The predicted molar refractivity (Wildman–Crippen MR) is 102 cm³/mol. The highest BCUT2D eigenvalue weighted by molar-refractivity contribution is 6.05. The summed E-state index contributed by atoms with van der Waals surface area (Å²) < 4.78 is 0. The molecule has 0 fully saturated rings. The molecule has 2 aromatic heterocycles. The number of benzene rings is 1. The number of hydrogen-bond donors (Lipinski definition) is 0. The molecule has 0 amide bonds. The molecule has 2 nitrogen and oxygen atoms in total. The minimum absolute atomic E-state index is 0.944. The summed E-state index contributed by atoms with van der Waals surface area (Å²) in [6.45, 7) is 2.25. The van der Waals surface area contributed by atoms with Crippen LogP contribution in [0.5, 0.6) is 0 Å². The van der Waals surface area contributed by atoms with Gasteiger partial charge in [-0.2, -0.15) is 0 Å². The van der Waals surface area contributed by atoms with Crippen molar-refractivity contribution in [2.45, 2.75) is 51.9 Å². The number of nitrogens with zero attached hydrogens (tertiary/aromatic N) is 2. The highest BCUT2D eigenvalue weighted by Crippen LogP contribution is 2.25. The SMILES string of the molecule is CCCCCCCCC#Cc1cc2cccnc2c2ncccc12. The van der Waals surface area contributed by atoms with Gasteiger partial charge in [-0.1, -0.05) is 56.9 Å². The molecule has 24 heavy (non-hydrogen) atoms. The zero-order chi connectivity index (χ0) is 16.6. The summed E-state index contributed by atoms with van der Waals surface area (Å²) in [7, 11) is 0. The zero-order valence-corrected chi connectivity index (χ0v) is 14.4. The van der Waals surface area contributed by atoms with Crippen molar-refractivity contribution in [3.05, 3.63) is 48.3 Å². The fraction of sp³-hybridized carbons (Fsp3) is 0.364. The van der Waals surface area contributed by atoms with Gasteiger partial charge in [0.1, 0.15) is 0 Å². The van der Waals surface area contributed by atoms with E-state index < -0.39 is 0 Å². The fourth-order valence-electron chi connectivity index (χ4n) is 3.03. The molecule has 2 heterocycles. The summed E-state index contributed by atoms with van der Waals surface area (Å²) in [6, 6.07) is 10.2. The van der Waals surface area contributed by atoms with Crippen molar-refractivity contribution in [1.29, 1.82) is 0 Å². The molecule has 2 heteroatoms. The molecule has 0 atom stereocenters. The molecule has 1 aromatic carbocycles. The van der Waals surface area contributed by atoms with Crippen molar-refractivity contribution >= 4 is 21.8 Å². The zero-order valence-electron chi connectivity index (χ0n) is 14.4. The van der Waals surface area contributed by atoms with Crippen LogP contribution in [-0.2, 0) is 0 Å². The Morgan fingerprint density at radius 2 is 1.62 bits per heavy atom. The Bertz CT molecular complexity index is 871. The van der Waals surface area contributed by atoms with E-state index in [4.69, 9.17) is 0 Å². The molecule has 0 aliphatic carbocycles. The maximum absolute atomic E-state index is 4.53. The van der Waals surface area contributed by atoms with Crippen LogP contribution in [0.15, 0.2) is 42.7 Å². The third-order valence-electron chi connectivity index (χ3n) is 4.34. The van der Waals surface area contributed by atoms with Crippen LogP contribution >= 0.6 is 0 Å².